The van der Waals surface area contributed by atoms with Gasteiger partial charge in [0.1, 0.15) is 0 Å². The van der Waals surface area contributed by atoms with Crippen LogP contribution in [-0.2, 0) is 10.0 Å². The zero-order valence-corrected chi connectivity index (χ0v) is 17.6. The fraction of sp³-hybridized carbons (Fsp3) is 0.200. The number of hydrogen-bond acceptors (Lipinski definition) is 2. The molecule has 4 rings (SSSR count). The van der Waals surface area contributed by atoms with Crippen LogP contribution < -0.4 is 4.31 Å². The van der Waals surface area contributed by atoms with Crippen molar-refractivity contribution in [2.75, 3.05) is 4.31 Å². The molecule has 29 heavy (non-hydrogen) atoms. The Labute approximate surface area is 173 Å². The minimum Gasteiger partial charge on any atom is -0.242 e. The quantitative estimate of drug-likeness (QED) is 0.527. The van der Waals surface area contributed by atoms with Crippen LogP contribution in [0.3, 0.4) is 0 Å². The van der Waals surface area contributed by atoms with E-state index in [4.69, 9.17) is 0 Å². The normalized spacial score (nSPS) is 17.7. The summed E-state index contributed by atoms with van der Waals surface area (Å²) in [7, 11) is -3.70. The van der Waals surface area contributed by atoms with Gasteiger partial charge in [0.2, 0.25) is 0 Å². The molecule has 3 aromatic carbocycles. The summed E-state index contributed by atoms with van der Waals surface area (Å²) in [4.78, 5) is 0.302. The second-order valence-corrected chi connectivity index (χ2v) is 9.47. The Morgan fingerprint density at radius 1 is 0.828 bits per heavy atom. The highest BCUT2D eigenvalue weighted by Crippen LogP contribution is 2.43. The molecule has 4 heteroatoms. The highest BCUT2D eigenvalue weighted by molar-refractivity contribution is 7.93. The summed E-state index contributed by atoms with van der Waals surface area (Å²) in [6.07, 6.45) is 3.79. The SMILES string of the molecule is Cc1ccc(N(/C=C2/CC[C@@H]2c2ccccc2)S(=O)(=O)c2ccc(C)cc2)cc1. The van der Waals surface area contributed by atoms with E-state index in [2.05, 4.69) is 12.1 Å². The van der Waals surface area contributed by atoms with Crippen LogP contribution in [0.25, 0.3) is 0 Å². The van der Waals surface area contributed by atoms with Gasteiger partial charge in [-0.05, 0) is 62.1 Å². The first kappa shape index (κ1) is 19.5. The van der Waals surface area contributed by atoms with E-state index in [1.165, 1.54) is 9.87 Å². The number of benzene rings is 3. The Morgan fingerprint density at radius 3 is 1.97 bits per heavy atom. The first-order valence-corrected chi connectivity index (χ1v) is 11.3. The minimum atomic E-state index is -3.70. The van der Waals surface area contributed by atoms with Gasteiger partial charge in [-0.2, -0.15) is 0 Å². The Hall–Kier alpha value is -2.85. The van der Waals surface area contributed by atoms with Gasteiger partial charge in [0.15, 0.2) is 0 Å². The van der Waals surface area contributed by atoms with Crippen molar-refractivity contribution in [2.24, 2.45) is 0 Å². The third-order valence-electron chi connectivity index (χ3n) is 5.52. The molecule has 1 fully saturated rings. The molecule has 1 aliphatic rings. The van der Waals surface area contributed by atoms with Crippen LogP contribution in [-0.4, -0.2) is 8.42 Å². The van der Waals surface area contributed by atoms with Crippen molar-refractivity contribution < 1.29 is 8.42 Å². The molecule has 0 radical (unpaired) electrons. The molecule has 1 saturated carbocycles. The lowest BCUT2D eigenvalue weighted by Gasteiger charge is -2.33. The summed E-state index contributed by atoms with van der Waals surface area (Å²) in [6, 6.07) is 25.0. The van der Waals surface area contributed by atoms with Gasteiger partial charge in [-0.1, -0.05) is 65.7 Å². The Balaban J connectivity index is 1.77. The lowest BCUT2D eigenvalue weighted by molar-refractivity contribution is 0.559. The predicted octanol–water partition coefficient (Wildman–Crippen LogP) is 5.96. The fourth-order valence-electron chi connectivity index (χ4n) is 3.62. The van der Waals surface area contributed by atoms with Gasteiger partial charge in [0.25, 0.3) is 10.0 Å². The second kappa shape index (κ2) is 7.88. The summed E-state index contributed by atoms with van der Waals surface area (Å²) < 4.78 is 28.5. The topological polar surface area (TPSA) is 37.4 Å². The van der Waals surface area contributed by atoms with Crippen LogP contribution in [0.1, 0.15) is 35.4 Å². The molecule has 1 atom stereocenters. The molecular formula is C25H25NO2S. The van der Waals surface area contributed by atoms with Crippen molar-refractivity contribution in [1.82, 2.24) is 0 Å². The largest absolute Gasteiger partial charge is 0.268 e. The maximum Gasteiger partial charge on any atom is 0.268 e. The number of allylic oxidation sites excluding steroid dienone is 1. The minimum absolute atomic E-state index is 0.275. The predicted molar refractivity (Wildman–Crippen MR) is 119 cm³/mol. The van der Waals surface area contributed by atoms with Gasteiger partial charge in [-0.25, -0.2) is 12.7 Å². The molecule has 0 amide bonds. The average Bonchev–Trinajstić information content (AvgIpc) is 2.70. The molecule has 3 nitrogen and oxygen atoms in total. The molecule has 3 aromatic rings. The Kier molecular flexibility index (Phi) is 5.29. The fourth-order valence-corrected chi connectivity index (χ4v) is 5.01. The molecule has 0 saturated heterocycles. The molecule has 0 N–H and O–H groups in total. The molecule has 0 aromatic heterocycles. The van der Waals surface area contributed by atoms with Crippen molar-refractivity contribution in [1.29, 1.82) is 0 Å². The Bertz CT molecular complexity index is 1120. The molecule has 0 bridgehead atoms. The first-order valence-electron chi connectivity index (χ1n) is 9.88. The average molecular weight is 404 g/mol. The monoisotopic (exact) mass is 403 g/mol. The molecule has 0 unspecified atom stereocenters. The van der Waals surface area contributed by atoms with Crippen LogP contribution in [0.15, 0.2) is 95.5 Å². The number of aryl methyl sites for hydroxylation is 2. The van der Waals surface area contributed by atoms with Gasteiger partial charge in [0, 0.05) is 12.1 Å². The van der Waals surface area contributed by atoms with Crippen LogP contribution in [0, 0.1) is 13.8 Å². The van der Waals surface area contributed by atoms with Gasteiger partial charge < -0.3 is 0 Å². The zero-order valence-electron chi connectivity index (χ0n) is 16.7. The van der Waals surface area contributed by atoms with E-state index in [0.717, 1.165) is 29.5 Å². The maximum absolute atomic E-state index is 13.5. The van der Waals surface area contributed by atoms with Crippen molar-refractivity contribution in [3.63, 3.8) is 0 Å². The Morgan fingerprint density at radius 2 is 1.41 bits per heavy atom. The number of anilines is 1. The first-order chi connectivity index (χ1) is 13.9. The van der Waals surface area contributed by atoms with E-state index < -0.39 is 10.0 Å². The number of nitrogens with zero attached hydrogens (tertiary/aromatic N) is 1. The summed E-state index contributed by atoms with van der Waals surface area (Å²) in [5.74, 6) is 0.275. The summed E-state index contributed by atoms with van der Waals surface area (Å²) in [5, 5.41) is 0. The third kappa shape index (κ3) is 3.99. The lowest BCUT2D eigenvalue weighted by atomic mass is 9.75. The molecule has 0 spiro atoms. The molecule has 0 heterocycles. The van der Waals surface area contributed by atoms with Gasteiger partial charge >= 0.3 is 0 Å². The maximum atomic E-state index is 13.5. The highest BCUT2D eigenvalue weighted by Gasteiger charge is 2.30. The van der Waals surface area contributed by atoms with Crippen LogP contribution in [0.4, 0.5) is 5.69 Å². The van der Waals surface area contributed by atoms with E-state index in [1.807, 2.05) is 74.6 Å². The highest BCUT2D eigenvalue weighted by atomic mass is 32.2. The summed E-state index contributed by atoms with van der Waals surface area (Å²) in [6.45, 7) is 3.95. The molecule has 148 valence electrons. The standard InChI is InChI=1S/C25H25NO2S/c1-19-8-13-23(14-9-19)26(29(27,28)24-15-10-20(2)11-16-24)18-22-12-17-25(22)21-6-4-3-5-7-21/h3-11,13-16,18,25H,12,17H2,1-2H3/b22-18-/t25-/m1/s1. The van der Waals surface area contributed by atoms with E-state index in [-0.39, 0.29) is 5.92 Å². The van der Waals surface area contributed by atoms with E-state index in [0.29, 0.717) is 10.6 Å². The van der Waals surface area contributed by atoms with Crippen molar-refractivity contribution in [3.05, 3.63) is 107 Å². The van der Waals surface area contributed by atoms with E-state index in [1.54, 1.807) is 12.1 Å². The van der Waals surface area contributed by atoms with Crippen molar-refractivity contribution >= 4 is 15.7 Å². The zero-order chi connectivity index (χ0) is 20.4. The smallest absolute Gasteiger partial charge is 0.242 e. The van der Waals surface area contributed by atoms with E-state index in [9.17, 15) is 8.42 Å². The molecular weight excluding hydrogens is 378 g/mol. The van der Waals surface area contributed by atoms with Gasteiger partial charge in [0.05, 0.1) is 10.6 Å². The second-order valence-electron chi connectivity index (χ2n) is 7.66. The van der Waals surface area contributed by atoms with Crippen LogP contribution in [0.2, 0.25) is 0 Å². The number of sulfonamides is 1. The summed E-state index contributed by atoms with van der Waals surface area (Å²) >= 11 is 0. The van der Waals surface area contributed by atoms with Gasteiger partial charge in [-0.3, -0.25) is 0 Å². The van der Waals surface area contributed by atoms with Crippen molar-refractivity contribution in [3.8, 4) is 0 Å². The molecule has 0 aliphatic heterocycles. The van der Waals surface area contributed by atoms with E-state index >= 15 is 0 Å². The lowest BCUT2D eigenvalue weighted by Crippen LogP contribution is -2.28. The molecule has 1 aliphatic carbocycles. The van der Waals surface area contributed by atoms with Crippen molar-refractivity contribution in [2.45, 2.75) is 37.5 Å². The summed E-state index contributed by atoms with van der Waals surface area (Å²) in [5.41, 5.74) is 5.17. The third-order valence-corrected chi connectivity index (χ3v) is 7.22. The number of hydrogen-bond donors (Lipinski definition) is 0. The van der Waals surface area contributed by atoms with Gasteiger partial charge in [-0.15, -0.1) is 0 Å². The number of rotatable bonds is 5. The van der Waals surface area contributed by atoms with Crippen LogP contribution >= 0.6 is 0 Å². The van der Waals surface area contributed by atoms with Crippen LogP contribution in [0.5, 0.6) is 0 Å².